The number of hydrogen-bond acceptors (Lipinski definition) is 3. The van der Waals surface area contributed by atoms with E-state index in [-0.39, 0.29) is 17.9 Å². The monoisotopic (exact) mass is 277 g/mol. The van der Waals surface area contributed by atoms with Gasteiger partial charge < -0.3 is 0 Å². The number of imide groups is 1. The number of benzene rings is 1. The predicted molar refractivity (Wildman–Crippen MR) is 77.4 cm³/mol. The standard InChI is InChI=1S/C12H18.C4H5NO3/c1-4-10-7-11(5-2)9-12(6-3)8-10;6-3-1-2-4(7)5(3)8/h7-9H,4-6H2,1-3H3;8H,1-2H2. The summed E-state index contributed by atoms with van der Waals surface area (Å²) >= 11 is 0. The zero-order chi connectivity index (χ0) is 15.1. The number of amides is 2. The fraction of sp³-hybridized carbons (Fsp3) is 0.500. The van der Waals surface area contributed by atoms with Gasteiger partial charge in [0.25, 0.3) is 11.8 Å². The van der Waals surface area contributed by atoms with Gasteiger partial charge in [-0.2, -0.15) is 5.06 Å². The zero-order valence-corrected chi connectivity index (χ0v) is 12.5. The molecule has 0 atom stereocenters. The Balaban J connectivity index is 0.000000217. The summed E-state index contributed by atoms with van der Waals surface area (Å²) in [5.41, 5.74) is 4.43. The van der Waals surface area contributed by atoms with E-state index in [1.165, 1.54) is 16.7 Å². The molecule has 1 fully saturated rings. The van der Waals surface area contributed by atoms with Crippen LogP contribution in [0.1, 0.15) is 50.3 Å². The SMILES string of the molecule is CCc1cc(CC)cc(CC)c1.O=C1CCC(=O)N1O. The number of nitrogens with zero attached hydrogens (tertiary/aromatic N) is 1. The summed E-state index contributed by atoms with van der Waals surface area (Å²) < 4.78 is 0. The first-order chi connectivity index (χ1) is 9.51. The molecule has 0 spiro atoms. The molecule has 2 rings (SSSR count). The lowest BCUT2D eigenvalue weighted by molar-refractivity contribution is -0.171. The van der Waals surface area contributed by atoms with Gasteiger partial charge in [-0.3, -0.25) is 14.8 Å². The van der Waals surface area contributed by atoms with Crippen molar-refractivity contribution >= 4 is 11.8 Å². The van der Waals surface area contributed by atoms with E-state index in [9.17, 15) is 9.59 Å². The van der Waals surface area contributed by atoms with E-state index in [1.807, 2.05) is 0 Å². The van der Waals surface area contributed by atoms with Gasteiger partial charge in [0.1, 0.15) is 0 Å². The molecule has 1 aliphatic heterocycles. The van der Waals surface area contributed by atoms with Crippen molar-refractivity contribution in [3.05, 3.63) is 34.9 Å². The van der Waals surface area contributed by atoms with Crippen LogP contribution in [0.3, 0.4) is 0 Å². The first-order valence-electron chi connectivity index (χ1n) is 7.18. The molecule has 0 unspecified atom stereocenters. The van der Waals surface area contributed by atoms with Crippen molar-refractivity contribution in [1.29, 1.82) is 0 Å². The number of carbonyl (C=O) groups is 2. The molecule has 0 aliphatic carbocycles. The molecule has 2 amide bonds. The number of hydrogen-bond donors (Lipinski definition) is 1. The lowest BCUT2D eigenvalue weighted by atomic mass is 10.0. The lowest BCUT2D eigenvalue weighted by Crippen LogP contribution is -2.24. The van der Waals surface area contributed by atoms with Crippen molar-refractivity contribution in [1.82, 2.24) is 5.06 Å². The number of hydroxylamine groups is 2. The molecule has 1 N–H and O–H groups in total. The Kier molecular flexibility index (Phi) is 6.39. The minimum absolute atomic E-state index is 0.148. The molecule has 1 heterocycles. The molecule has 4 heteroatoms. The van der Waals surface area contributed by atoms with E-state index >= 15 is 0 Å². The summed E-state index contributed by atoms with van der Waals surface area (Å²) in [5, 5.41) is 8.57. The van der Waals surface area contributed by atoms with Crippen LogP contribution in [0.25, 0.3) is 0 Å². The first-order valence-corrected chi connectivity index (χ1v) is 7.18. The molecule has 1 saturated heterocycles. The van der Waals surface area contributed by atoms with E-state index in [0.29, 0.717) is 0 Å². The minimum atomic E-state index is -0.505. The highest BCUT2D eigenvalue weighted by Gasteiger charge is 2.26. The average molecular weight is 277 g/mol. The van der Waals surface area contributed by atoms with Gasteiger partial charge in [-0.1, -0.05) is 39.0 Å². The van der Waals surface area contributed by atoms with Crippen LogP contribution in [-0.4, -0.2) is 22.1 Å². The van der Waals surface area contributed by atoms with Gasteiger partial charge in [-0.05, 0) is 36.0 Å². The third-order valence-electron chi connectivity index (χ3n) is 3.36. The third-order valence-corrected chi connectivity index (χ3v) is 3.36. The van der Waals surface area contributed by atoms with Crippen LogP contribution in [0.15, 0.2) is 18.2 Å². The molecular formula is C16H23NO3. The second-order valence-electron chi connectivity index (χ2n) is 4.82. The smallest absolute Gasteiger partial charge is 0.253 e. The highest BCUT2D eigenvalue weighted by Crippen LogP contribution is 2.12. The maximum atomic E-state index is 10.2. The molecule has 110 valence electrons. The predicted octanol–water partition coefficient (Wildman–Crippen LogP) is 2.90. The Bertz CT molecular complexity index is 411. The molecule has 0 radical (unpaired) electrons. The fourth-order valence-electron chi connectivity index (χ4n) is 2.02. The van der Waals surface area contributed by atoms with Crippen molar-refractivity contribution in [2.45, 2.75) is 52.9 Å². The van der Waals surface area contributed by atoms with E-state index in [1.54, 1.807) is 0 Å². The third kappa shape index (κ3) is 4.46. The highest BCUT2D eigenvalue weighted by atomic mass is 16.5. The quantitative estimate of drug-likeness (QED) is 0.682. The van der Waals surface area contributed by atoms with Crippen LogP contribution < -0.4 is 0 Å². The molecule has 1 aromatic rings. The summed E-state index contributed by atoms with van der Waals surface area (Å²) in [7, 11) is 0. The lowest BCUT2D eigenvalue weighted by Gasteiger charge is -2.05. The molecule has 1 aromatic carbocycles. The first kappa shape index (κ1) is 16.4. The van der Waals surface area contributed by atoms with E-state index in [4.69, 9.17) is 5.21 Å². The Hall–Kier alpha value is -1.68. The van der Waals surface area contributed by atoms with Gasteiger partial charge in [0.15, 0.2) is 0 Å². The van der Waals surface area contributed by atoms with E-state index < -0.39 is 11.8 Å². The van der Waals surface area contributed by atoms with Gasteiger partial charge in [0.05, 0.1) is 0 Å². The molecule has 0 saturated carbocycles. The summed E-state index contributed by atoms with van der Waals surface area (Å²) in [6, 6.07) is 6.96. The Morgan fingerprint density at radius 1 is 0.850 bits per heavy atom. The molecule has 0 aromatic heterocycles. The summed E-state index contributed by atoms with van der Waals surface area (Å²) in [6.07, 6.45) is 3.76. The minimum Gasteiger partial charge on any atom is -0.279 e. The second-order valence-corrected chi connectivity index (χ2v) is 4.82. The van der Waals surface area contributed by atoms with Gasteiger partial charge in [0.2, 0.25) is 0 Å². The van der Waals surface area contributed by atoms with Crippen LogP contribution in [0.2, 0.25) is 0 Å². The van der Waals surface area contributed by atoms with Gasteiger partial charge in [-0.25, -0.2) is 0 Å². The van der Waals surface area contributed by atoms with Crippen LogP contribution in [0.5, 0.6) is 0 Å². The van der Waals surface area contributed by atoms with Crippen molar-refractivity contribution in [3.63, 3.8) is 0 Å². The molecule has 20 heavy (non-hydrogen) atoms. The molecule has 1 aliphatic rings. The summed E-state index contributed by atoms with van der Waals surface area (Å²) in [6.45, 7) is 6.65. The molecular weight excluding hydrogens is 254 g/mol. The number of rotatable bonds is 3. The zero-order valence-electron chi connectivity index (χ0n) is 12.5. The van der Waals surface area contributed by atoms with E-state index in [0.717, 1.165) is 19.3 Å². The van der Waals surface area contributed by atoms with Gasteiger partial charge >= 0.3 is 0 Å². The number of aryl methyl sites for hydroxylation is 3. The van der Waals surface area contributed by atoms with Crippen LogP contribution in [0, 0.1) is 0 Å². The van der Waals surface area contributed by atoms with Crippen LogP contribution in [-0.2, 0) is 28.9 Å². The number of carbonyl (C=O) groups excluding carboxylic acids is 2. The average Bonchev–Trinajstić information content (AvgIpc) is 2.78. The topological polar surface area (TPSA) is 57.6 Å². The summed E-state index contributed by atoms with van der Waals surface area (Å²) in [5.74, 6) is -1.01. The Morgan fingerprint density at radius 2 is 1.15 bits per heavy atom. The highest BCUT2D eigenvalue weighted by molar-refractivity contribution is 6.00. The molecule has 4 nitrogen and oxygen atoms in total. The summed E-state index contributed by atoms with van der Waals surface area (Å²) in [4.78, 5) is 20.5. The van der Waals surface area contributed by atoms with Crippen LogP contribution >= 0.6 is 0 Å². The van der Waals surface area contributed by atoms with Crippen molar-refractivity contribution in [2.24, 2.45) is 0 Å². The van der Waals surface area contributed by atoms with Crippen molar-refractivity contribution in [2.75, 3.05) is 0 Å². The largest absolute Gasteiger partial charge is 0.279 e. The maximum Gasteiger partial charge on any atom is 0.253 e. The van der Waals surface area contributed by atoms with Gasteiger partial charge in [-0.15, -0.1) is 0 Å². The van der Waals surface area contributed by atoms with Crippen molar-refractivity contribution < 1.29 is 14.8 Å². The maximum absolute atomic E-state index is 10.2. The van der Waals surface area contributed by atoms with E-state index in [2.05, 4.69) is 39.0 Å². The Labute approximate surface area is 120 Å². The van der Waals surface area contributed by atoms with Crippen molar-refractivity contribution in [3.8, 4) is 0 Å². The molecule has 0 bridgehead atoms. The fourth-order valence-corrected chi connectivity index (χ4v) is 2.02. The Morgan fingerprint density at radius 3 is 1.30 bits per heavy atom. The second kappa shape index (κ2) is 7.80. The normalized spacial score (nSPS) is 14.3. The van der Waals surface area contributed by atoms with Gasteiger partial charge in [0, 0.05) is 12.8 Å². The van der Waals surface area contributed by atoms with Crippen LogP contribution in [0.4, 0.5) is 0 Å².